The first-order valence-electron chi connectivity index (χ1n) is 16.5. The van der Waals surface area contributed by atoms with E-state index in [0.29, 0.717) is 25.0 Å². The van der Waals surface area contributed by atoms with Crippen LogP contribution in [-0.2, 0) is 32.8 Å². The van der Waals surface area contributed by atoms with Crippen LogP contribution in [0, 0.1) is 23.2 Å². The normalized spacial score (nSPS) is 26.0. The number of ether oxygens (including phenoxy) is 1. The van der Waals surface area contributed by atoms with Crippen molar-refractivity contribution in [2.45, 2.75) is 93.6 Å². The molecule has 0 amide bonds. The lowest BCUT2D eigenvalue weighted by molar-refractivity contribution is -0.136. The number of ketones is 3. The predicted molar refractivity (Wildman–Crippen MR) is 184 cm³/mol. The van der Waals surface area contributed by atoms with Gasteiger partial charge in [-0.25, -0.2) is 0 Å². The second kappa shape index (κ2) is 10.8. The van der Waals surface area contributed by atoms with Gasteiger partial charge in [0, 0.05) is 23.0 Å². The summed E-state index contributed by atoms with van der Waals surface area (Å²) >= 11 is 0. The molecule has 4 nitrogen and oxygen atoms in total. The van der Waals surface area contributed by atoms with Crippen molar-refractivity contribution in [3.8, 4) is 11.1 Å². The van der Waals surface area contributed by atoms with Gasteiger partial charge in [-0.05, 0) is 84.7 Å². The summed E-state index contributed by atoms with van der Waals surface area (Å²) in [6.07, 6.45) is 1.77. The fraction of sp³-hybridized carbons (Fsp3) is 0.405. The van der Waals surface area contributed by atoms with Gasteiger partial charge >= 0.3 is 0 Å². The van der Waals surface area contributed by atoms with Crippen molar-refractivity contribution in [3.63, 3.8) is 0 Å². The molecule has 0 bridgehead atoms. The molecule has 0 heterocycles. The van der Waals surface area contributed by atoms with Crippen molar-refractivity contribution >= 4 is 17.3 Å². The van der Waals surface area contributed by atoms with E-state index in [1.807, 2.05) is 51.1 Å². The van der Waals surface area contributed by atoms with Crippen LogP contribution in [0.25, 0.3) is 11.1 Å². The van der Waals surface area contributed by atoms with Crippen molar-refractivity contribution in [1.29, 1.82) is 0 Å². The molecule has 46 heavy (non-hydrogen) atoms. The van der Waals surface area contributed by atoms with E-state index in [2.05, 4.69) is 71.0 Å². The number of hydrogen-bond acceptors (Lipinski definition) is 4. The number of benzene rings is 3. The Bertz CT molecular complexity index is 1850. The highest BCUT2D eigenvalue weighted by molar-refractivity contribution is 6.24. The molecule has 3 atom stereocenters. The minimum Gasteiger partial charge on any atom is -0.492 e. The molecule has 0 aliphatic heterocycles. The van der Waals surface area contributed by atoms with Gasteiger partial charge in [0.2, 0.25) is 0 Å². The number of aryl methyl sites for hydroxylation is 1. The highest BCUT2D eigenvalue weighted by Crippen LogP contribution is 2.66. The second-order valence-electron chi connectivity index (χ2n) is 15.7. The quantitative estimate of drug-likeness (QED) is 0.269. The maximum Gasteiger partial charge on any atom is 0.190 e. The lowest BCUT2D eigenvalue weighted by Gasteiger charge is -2.59. The van der Waals surface area contributed by atoms with E-state index in [9.17, 15) is 14.4 Å². The van der Waals surface area contributed by atoms with Gasteiger partial charge in [-0.2, -0.15) is 0 Å². The lowest BCUT2D eigenvalue weighted by Crippen LogP contribution is -2.57. The largest absolute Gasteiger partial charge is 0.492 e. The van der Waals surface area contributed by atoms with Crippen LogP contribution in [0.2, 0.25) is 0 Å². The SMILES string of the molecule is CC(=O)C1=C(OCc2ccccc2)C[C@]2(C)C[C@]3(C)Cc4c(-c5ccc(C(C)(C)C)cc5)ccc(C)c4C(=O)C3=C(C)[C@]2(C)C1=O. The van der Waals surface area contributed by atoms with Crippen LogP contribution in [0.5, 0.6) is 0 Å². The average molecular weight is 615 g/mol. The van der Waals surface area contributed by atoms with E-state index in [1.165, 1.54) is 12.5 Å². The zero-order valence-electron chi connectivity index (χ0n) is 28.8. The molecule has 3 aliphatic carbocycles. The Hall–Kier alpha value is -4.05. The number of Topliss-reactive ketones (excluding diaryl/α,β-unsaturated/α-hetero) is 3. The molecule has 238 valence electrons. The monoisotopic (exact) mass is 614 g/mol. The standard InChI is InChI=1S/C42H46O4/c1-25-15-20-31(29-16-18-30(19-17-29)39(4,5)6)32-21-40(7)24-41(8)22-33(46-23-28-13-11-10-12-14-28)35(27(3)43)38(45)42(41,9)26(2)36(40)37(44)34(25)32/h10-20H,21-24H2,1-9H3/t40-,41+,42+/m0/s1. The molecule has 3 aromatic rings. The van der Waals surface area contributed by atoms with Gasteiger partial charge in [-0.3, -0.25) is 14.4 Å². The van der Waals surface area contributed by atoms with Crippen molar-refractivity contribution in [1.82, 2.24) is 0 Å². The molecule has 4 heteroatoms. The van der Waals surface area contributed by atoms with Crippen molar-refractivity contribution in [3.05, 3.63) is 117 Å². The Morgan fingerprint density at radius 2 is 1.52 bits per heavy atom. The van der Waals surface area contributed by atoms with Gasteiger partial charge in [-0.1, -0.05) is 107 Å². The summed E-state index contributed by atoms with van der Waals surface area (Å²) in [5.41, 5.74) is 6.91. The molecule has 6 rings (SSSR count). The Labute approximate surface area is 274 Å². The zero-order valence-corrected chi connectivity index (χ0v) is 28.8. The van der Waals surface area contributed by atoms with E-state index in [0.717, 1.165) is 44.5 Å². The minimum absolute atomic E-state index is 0.0162. The van der Waals surface area contributed by atoms with E-state index < -0.39 is 16.2 Å². The van der Waals surface area contributed by atoms with Crippen molar-refractivity contribution in [2.24, 2.45) is 16.2 Å². The fourth-order valence-electron chi connectivity index (χ4n) is 8.80. The molecule has 3 aliphatic rings. The third kappa shape index (κ3) is 4.75. The lowest BCUT2D eigenvalue weighted by atomic mass is 9.43. The van der Waals surface area contributed by atoms with Crippen molar-refractivity contribution in [2.75, 3.05) is 0 Å². The van der Waals surface area contributed by atoms with E-state index in [-0.39, 0.29) is 34.9 Å². The van der Waals surface area contributed by atoms with Gasteiger partial charge in [0.25, 0.3) is 0 Å². The molecule has 0 saturated carbocycles. The number of hydrogen-bond donors (Lipinski definition) is 0. The summed E-state index contributed by atoms with van der Waals surface area (Å²) in [6.45, 7) is 18.7. The van der Waals surface area contributed by atoms with E-state index in [1.54, 1.807) is 0 Å². The average Bonchev–Trinajstić information content (AvgIpc) is 2.98. The Balaban J connectivity index is 1.47. The number of carbonyl (C=O) groups is 3. The van der Waals surface area contributed by atoms with Gasteiger partial charge in [0.1, 0.15) is 12.4 Å². The molecule has 0 radical (unpaired) electrons. The highest BCUT2D eigenvalue weighted by atomic mass is 16.5. The molecule has 0 N–H and O–H groups in total. The summed E-state index contributed by atoms with van der Waals surface area (Å²) < 4.78 is 6.34. The van der Waals surface area contributed by atoms with Crippen LogP contribution >= 0.6 is 0 Å². The molecule has 0 aromatic heterocycles. The third-order valence-electron chi connectivity index (χ3n) is 11.4. The first-order valence-corrected chi connectivity index (χ1v) is 16.5. The number of rotatable bonds is 5. The zero-order chi connectivity index (χ0) is 33.4. The van der Waals surface area contributed by atoms with Crippen LogP contribution in [0.15, 0.2) is 89.2 Å². The molecule has 0 saturated heterocycles. The molecule has 0 spiro atoms. The van der Waals surface area contributed by atoms with Gasteiger partial charge in [-0.15, -0.1) is 0 Å². The van der Waals surface area contributed by atoms with E-state index >= 15 is 0 Å². The number of allylic oxidation sites excluding steroid dienone is 4. The Morgan fingerprint density at radius 1 is 0.870 bits per heavy atom. The first kappa shape index (κ1) is 31.9. The summed E-state index contributed by atoms with van der Waals surface area (Å²) in [5, 5.41) is 0. The number of fused-ring (bicyclic) bond motifs is 3. The predicted octanol–water partition coefficient (Wildman–Crippen LogP) is 9.47. The Kier molecular flexibility index (Phi) is 7.46. The number of carbonyl (C=O) groups excluding carboxylic acids is 3. The van der Waals surface area contributed by atoms with Crippen LogP contribution in [0.1, 0.15) is 101 Å². The first-order chi connectivity index (χ1) is 21.5. The van der Waals surface area contributed by atoms with Gasteiger partial charge < -0.3 is 4.74 Å². The highest BCUT2D eigenvalue weighted by Gasteiger charge is 2.64. The smallest absolute Gasteiger partial charge is 0.190 e. The van der Waals surface area contributed by atoms with Gasteiger partial charge in [0.15, 0.2) is 17.3 Å². The maximum absolute atomic E-state index is 14.8. The van der Waals surface area contributed by atoms with Gasteiger partial charge in [0.05, 0.1) is 11.0 Å². The summed E-state index contributed by atoms with van der Waals surface area (Å²) in [7, 11) is 0. The van der Waals surface area contributed by atoms with Crippen LogP contribution < -0.4 is 0 Å². The third-order valence-corrected chi connectivity index (χ3v) is 11.4. The Morgan fingerprint density at radius 3 is 2.13 bits per heavy atom. The summed E-state index contributed by atoms with van der Waals surface area (Å²) in [5.74, 6) is -0.0331. The molecule has 0 fully saturated rings. The van der Waals surface area contributed by atoms with Crippen LogP contribution in [-0.4, -0.2) is 17.3 Å². The molecular weight excluding hydrogens is 568 g/mol. The van der Waals surface area contributed by atoms with E-state index in [4.69, 9.17) is 4.74 Å². The topological polar surface area (TPSA) is 60.4 Å². The maximum atomic E-state index is 14.8. The van der Waals surface area contributed by atoms with Crippen LogP contribution in [0.3, 0.4) is 0 Å². The molecule has 0 unspecified atom stereocenters. The summed E-state index contributed by atoms with van der Waals surface area (Å²) in [4.78, 5) is 42.4. The van der Waals surface area contributed by atoms with Crippen LogP contribution in [0.4, 0.5) is 0 Å². The minimum atomic E-state index is -1.01. The molecular formula is C42H46O4. The fourth-order valence-corrected chi connectivity index (χ4v) is 8.80. The second-order valence-corrected chi connectivity index (χ2v) is 15.7. The molecule has 3 aromatic carbocycles. The van der Waals surface area contributed by atoms with Crippen molar-refractivity contribution < 1.29 is 19.1 Å². The summed E-state index contributed by atoms with van der Waals surface area (Å²) in [6, 6.07) is 22.8.